The number of nitrogens with two attached hydrogens (primary N) is 1. The van der Waals surface area contributed by atoms with E-state index in [1.54, 1.807) is 19.1 Å². The van der Waals surface area contributed by atoms with Gasteiger partial charge in [0, 0.05) is 23.0 Å². The molecular formula is C12H14BrNO3. The van der Waals surface area contributed by atoms with Gasteiger partial charge in [-0.1, -0.05) is 15.9 Å². The third-order valence-corrected chi connectivity index (χ3v) is 2.58. The van der Waals surface area contributed by atoms with Crippen molar-refractivity contribution in [3.63, 3.8) is 0 Å². The minimum atomic E-state index is -0.444. The molecule has 0 radical (unpaired) electrons. The molecule has 4 nitrogen and oxygen atoms in total. The van der Waals surface area contributed by atoms with Crippen LogP contribution in [0.25, 0.3) is 0 Å². The third kappa shape index (κ3) is 3.56. The Bertz CT molecular complexity index is 432. The van der Waals surface area contributed by atoms with Crippen molar-refractivity contribution in [2.24, 2.45) is 0 Å². The molecule has 0 unspecified atom stereocenters. The number of alkyl halides is 1. The van der Waals surface area contributed by atoms with Crippen molar-refractivity contribution in [1.82, 2.24) is 0 Å². The summed E-state index contributed by atoms with van der Waals surface area (Å²) in [5.74, 6) is -0.536. The Morgan fingerprint density at radius 3 is 2.71 bits per heavy atom. The monoisotopic (exact) mass is 299 g/mol. The van der Waals surface area contributed by atoms with Crippen molar-refractivity contribution in [3.8, 4) is 0 Å². The van der Waals surface area contributed by atoms with E-state index < -0.39 is 5.97 Å². The number of hydrogen-bond donors (Lipinski definition) is 1. The van der Waals surface area contributed by atoms with Gasteiger partial charge >= 0.3 is 5.97 Å². The highest BCUT2D eigenvalue weighted by Crippen LogP contribution is 2.17. The van der Waals surface area contributed by atoms with Gasteiger partial charge in [0.15, 0.2) is 5.78 Å². The lowest BCUT2D eigenvalue weighted by atomic mass is 10.0. The van der Waals surface area contributed by atoms with Gasteiger partial charge in [-0.2, -0.15) is 0 Å². The molecule has 92 valence electrons. The van der Waals surface area contributed by atoms with Crippen LogP contribution in [0.2, 0.25) is 0 Å². The van der Waals surface area contributed by atoms with E-state index in [0.29, 0.717) is 35.2 Å². The van der Waals surface area contributed by atoms with Crippen molar-refractivity contribution in [2.75, 3.05) is 17.7 Å². The largest absolute Gasteiger partial charge is 0.462 e. The maximum Gasteiger partial charge on any atom is 0.338 e. The summed E-state index contributed by atoms with van der Waals surface area (Å²) < 4.78 is 4.86. The van der Waals surface area contributed by atoms with Crippen LogP contribution in [-0.2, 0) is 4.74 Å². The second-order valence-corrected chi connectivity index (χ2v) is 4.18. The summed E-state index contributed by atoms with van der Waals surface area (Å²) in [5.41, 5.74) is 6.80. The van der Waals surface area contributed by atoms with Crippen LogP contribution < -0.4 is 5.73 Å². The average molecular weight is 300 g/mol. The molecule has 0 spiro atoms. The van der Waals surface area contributed by atoms with Crippen LogP contribution in [-0.4, -0.2) is 23.7 Å². The summed E-state index contributed by atoms with van der Waals surface area (Å²) in [6, 6.07) is 4.59. The van der Waals surface area contributed by atoms with Crippen LogP contribution in [0.1, 0.15) is 34.1 Å². The number of benzene rings is 1. The maximum atomic E-state index is 11.7. The van der Waals surface area contributed by atoms with Gasteiger partial charge in [0.1, 0.15) is 0 Å². The fraction of sp³-hybridized carbons (Fsp3) is 0.333. The number of esters is 1. The van der Waals surface area contributed by atoms with E-state index in [1.165, 1.54) is 6.07 Å². The van der Waals surface area contributed by atoms with Gasteiger partial charge < -0.3 is 10.5 Å². The first-order valence-electron chi connectivity index (χ1n) is 5.26. The zero-order valence-corrected chi connectivity index (χ0v) is 11.1. The van der Waals surface area contributed by atoms with Gasteiger partial charge in [-0.05, 0) is 25.1 Å². The van der Waals surface area contributed by atoms with Gasteiger partial charge in [0.25, 0.3) is 0 Å². The molecule has 2 N–H and O–H groups in total. The molecule has 1 aromatic carbocycles. The van der Waals surface area contributed by atoms with Gasteiger partial charge in [-0.15, -0.1) is 0 Å². The lowest BCUT2D eigenvalue weighted by molar-refractivity contribution is 0.0526. The van der Waals surface area contributed by atoms with Gasteiger partial charge in [-0.3, -0.25) is 4.79 Å². The Balaban J connectivity index is 3.02. The molecule has 0 aliphatic heterocycles. The fourth-order valence-corrected chi connectivity index (χ4v) is 1.72. The summed E-state index contributed by atoms with van der Waals surface area (Å²) in [6.07, 6.45) is 0.344. The summed E-state index contributed by atoms with van der Waals surface area (Å²) in [5, 5.41) is 0.564. The van der Waals surface area contributed by atoms with Crippen LogP contribution in [0.4, 0.5) is 5.69 Å². The second kappa shape index (κ2) is 6.39. The predicted octanol–water partition coefficient (Wildman–Crippen LogP) is 2.41. The van der Waals surface area contributed by atoms with Crippen molar-refractivity contribution in [1.29, 1.82) is 0 Å². The number of nitrogen functional groups attached to an aromatic ring is 1. The second-order valence-electron chi connectivity index (χ2n) is 3.38. The maximum absolute atomic E-state index is 11.7. The Morgan fingerprint density at radius 2 is 2.12 bits per heavy atom. The smallest absolute Gasteiger partial charge is 0.338 e. The van der Waals surface area contributed by atoms with E-state index in [0.717, 1.165) is 0 Å². The van der Waals surface area contributed by atoms with Crippen LogP contribution in [0, 0.1) is 0 Å². The predicted molar refractivity (Wildman–Crippen MR) is 69.6 cm³/mol. The van der Waals surface area contributed by atoms with Crippen molar-refractivity contribution < 1.29 is 14.3 Å². The number of Topliss-reactive ketones (excluding diaryl/α,β-unsaturated/α-hetero) is 1. The summed E-state index contributed by atoms with van der Waals surface area (Å²) >= 11 is 3.19. The van der Waals surface area contributed by atoms with Crippen LogP contribution in [0.3, 0.4) is 0 Å². The highest BCUT2D eigenvalue weighted by molar-refractivity contribution is 9.09. The van der Waals surface area contributed by atoms with Gasteiger partial charge in [0.05, 0.1) is 12.2 Å². The number of halogens is 1. The first-order valence-corrected chi connectivity index (χ1v) is 6.38. The Kier molecular flexibility index (Phi) is 5.15. The fourth-order valence-electron chi connectivity index (χ4n) is 1.36. The average Bonchev–Trinajstić information content (AvgIpc) is 2.30. The number of anilines is 1. The van der Waals surface area contributed by atoms with Gasteiger partial charge in [0.2, 0.25) is 0 Å². The van der Waals surface area contributed by atoms with Crippen LogP contribution >= 0.6 is 15.9 Å². The Morgan fingerprint density at radius 1 is 1.41 bits per heavy atom. The molecule has 0 aliphatic carbocycles. The first-order chi connectivity index (χ1) is 8.10. The molecule has 0 amide bonds. The normalized spacial score (nSPS) is 10.0. The molecule has 17 heavy (non-hydrogen) atoms. The number of ether oxygens (including phenoxy) is 1. The van der Waals surface area contributed by atoms with Gasteiger partial charge in [-0.25, -0.2) is 4.79 Å². The van der Waals surface area contributed by atoms with Crippen molar-refractivity contribution in [3.05, 3.63) is 29.3 Å². The number of ketones is 1. The zero-order valence-electron chi connectivity index (χ0n) is 9.53. The molecule has 0 heterocycles. The van der Waals surface area contributed by atoms with E-state index >= 15 is 0 Å². The van der Waals surface area contributed by atoms with E-state index in [9.17, 15) is 9.59 Å². The Hall–Kier alpha value is -1.36. The molecule has 1 aromatic rings. The molecule has 0 bridgehead atoms. The molecular weight excluding hydrogens is 286 g/mol. The SMILES string of the molecule is CCOC(=O)c1ccc(N)c(C(=O)CCBr)c1. The van der Waals surface area contributed by atoms with Crippen molar-refractivity contribution in [2.45, 2.75) is 13.3 Å². The van der Waals surface area contributed by atoms with Crippen LogP contribution in [0.5, 0.6) is 0 Å². The molecule has 0 aliphatic rings. The summed E-state index contributed by atoms with van der Waals surface area (Å²) in [4.78, 5) is 23.2. The zero-order chi connectivity index (χ0) is 12.8. The number of carbonyl (C=O) groups is 2. The minimum absolute atomic E-state index is 0.0921. The first kappa shape index (κ1) is 13.7. The summed E-state index contributed by atoms with van der Waals surface area (Å²) in [6.45, 7) is 2.03. The Labute approximate surface area is 108 Å². The topological polar surface area (TPSA) is 69.4 Å². The molecule has 1 rings (SSSR count). The lowest BCUT2D eigenvalue weighted by Gasteiger charge is -2.07. The minimum Gasteiger partial charge on any atom is -0.462 e. The molecule has 5 heteroatoms. The standard InChI is InChI=1S/C12H14BrNO3/c1-2-17-12(16)8-3-4-10(14)9(7-8)11(15)5-6-13/h3-4,7H,2,5-6,14H2,1H3. The van der Waals surface area contributed by atoms with Crippen LogP contribution in [0.15, 0.2) is 18.2 Å². The molecule has 0 saturated heterocycles. The quantitative estimate of drug-likeness (QED) is 0.392. The van der Waals surface area contributed by atoms with E-state index in [1.807, 2.05) is 0 Å². The van der Waals surface area contributed by atoms with E-state index in [-0.39, 0.29) is 5.78 Å². The number of hydrogen-bond acceptors (Lipinski definition) is 4. The molecule has 0 atom stereocenters. The van der Waals surface area contributed by atoms with Crippen molar-refractivity contribution >= 4 is 33.4 Å². The lowest BCUT2D eigenvalue weighted by Crippen LogP contribution is -2.09. The van der Waals surface area contributed by atoms with E-state index in [2.05, 4.69) is 15.9 Å². The number of carbonyl (C=O) groups excluding carboxylic acids is 2. The highest BCUT2D eigenvalue weighted by atomic mass is 79.9. The molecule has 0 saturated carbocycles. The molecule has 0 fully saturated rings. The molecule has 0 aromatic heterocycles. The third-order valence-electron chi connectivity index (χ3n) is 2.19. The highest BCUT2D eigenvalue weighted by Gasteiger charge is 2.13. The summed E-state index contributed by atoms with van der Waals surface area (Å²) in [7, 11) is 0. The van der Waals surface area contributed by atoms with E-state index in [4.69, 9.17) is 10.5 Å². The number of rotatable bonds is 5.